The number of benzene rings is 1. The maximum Gasteiger partial charge on any atom is 0.266 e. The monoisotopic (exact) mass is 341 g/mol. The van der Waals surface area contributed by atoms with Crippen LogP contribution >= 0.6 is 22.9 Å². The summed E-state index contributed by atoms with van der Waals surface area (Å²) in [7, 11) is -3.96. The molecule has 110 valence electrons. The van der Waals surface area contributed by atoms with Gasteiger partial charge < -0.3 is 5.73 Å². The van der Waals surface area contributed by atoms with Crippen molar-refractivity contribution in [3.05, 3.63) is 39.2 Å². The highest BCUT2D eigenvalue weighted by Crippen LogP contribution is 2.35. The molecule has 0 aliphatic carbocycles. The molecular weight excluding hydrogens is 330 g/mol. The quantitative estimate of drug-likeness (QED) is 0.837. The van der Waals surface area contributed by atoms with Gasteiger partial charge in [-0.15, -0.1) is 11.3 Å². The first-order valence-electron chi connectivity index (χ1n) is 5.85. The van der Waals surface area contributed by atoms with Crippen LogP contribution in [0.25, 0.3) is 0 Å². The van der Waals surface area contributed by atoms with Crippen molar-refractivity contribution in [3.63, 3.8) is 0 Å². The average Bonchev–Trinajstić information content (AvgIpc) is 2.62. The predicted octanol–water partition coefficient (Wildman–Crippen LogP) is 3.27. The second-order valence-electron chi connectivity index (χ2n) is 4.36. The van der Waals surface area contributed by atoms with Crippen LogP contribution in [0.1, 0.15) is 16.0 Å². The topological polar surface area (TPSA) is 96.0 Å². The van der Waals surface area contributed by atoms with Crippen LogP contribution in [0.5, 0.6) is 0 Å². The molecule has 21 heavy (non-hydrogen) atoms. The number of hydrogen-bond acceptors (Lipinski definition) is 5. The summed E-state index contributed by atoms with van der Waals surface area (Å²) in [6, 6.07) is 6.48. The SMILES string of the molecule is Cc1sc(NS(=O)(=O)c2c(N)cccc2Cl)c(C#N)c1C. The van der Waals surface area contributed by atoms with E-state index in [4.69, 9.17) is 22.6 Å². The third kappa shape index (κ3) is 2.83. The largest absolute Gasteiger partial charge is 0.398 e. The molecule has 2 aromatic rings. The summed E-state index contributed by atoms with van der Waals surface area (Å²) in [4.78, 5) is 0.690. The Morgan fingerprint density at radius 3 is 2.62 bits per heavy atom. The molecule has 0 aliphatic rings. The van der Waals surface area contributed by atoms with Crippen molar-refractivity contribution in [2.75, 3.05) is 10.5 Å². The first kappa shape index (κ1) is 15.6. The Bertz CT molecular complexity index is 831. The number of rotatable bonds is 3. The summed E-state index contributed by atoms with van der Waals surface area (Å²) in [5.41, 5.74) is 6.82. The van der Waals surface area contributed by atoms with E-state index in [1.165, 1.54) is 23.5 Å². The van der Waals surface area contributed by atoms with E-state index >= 15 is 0 Å². The van der Waals surface area contributed by atoms with E-state index in [2.05, 4.69) is 4.72 Å². The molecule has 1 heterocycles. The Morgan fingerprint density at radius 2 is 2.05 bits per heavy atom. The standard InChI is InChI=1S/C13H12ClN3O2S2/c1-7-8(2)20-13(9(7)6-15)17-21(18,19)12-10(14)4-3-5-11(12)16/h3-5,17H,16H2,1-2H3. The van der Waals surface area contributed by atoms with Gasteiger partial charge in [0.2, 0.25) is 0 Å². The zero-order chi connectivity index (χ0) is 15.8. The Labute approximate surface area is 132 Å². The number of thiophene rings is 1. The van der Waals surface area contributed by atoms with Gasteiger partial charge in [-0.3, -0.25) is 4.72 Å². The lowest BCUT2D eigenvalue weighted by molar-refractivity contribution is 0.602. The Hall–Kier alpha value is -1.75. The van der Waals surface area contributed by atoms with Gasteiger partial charge >= 0.3 is 0 Å². The van der Waals surface area contributed by atoms with Crippen molar-refractivity contribution in [2.45, 2.75) is 18.7 Å². The van der Waals surface area contributed by atoms with E-state index in [9.17, 15) is 8.42 Å². The average molecular weight is 342 g/mol. The summed E-state index contributed by atoms with van der Waals surface area (Å²) < 4.78 is 27.3. The molecular formula is C13H12ClN3O2S2. The normalized spacial score (nSPS) is 11.1. The van der Waals surface area contributed by atoms with Crippen LogP contribution in [0, 0.1) is 25.2 Å². The molecule has 1 aromatic heterocycles. The highest BCUT2D eigenvalue weighted by atomic mass is 35.5. The highest BCUT2D eigenvalue weighted by Gasteiger charge is 2.24. The van der Waals surface area contributed by atoms with Crippen LogP contribution in [0.4, 0.5) is 10.7 Å². The number of nitrogens with one attached hydrogen (secondary N) is 1. The van der Waals surface area contributed by atoms with Gasteiger partial charge in [0.25, 0.3) is 10.0 Å². The summed E-state index contributed by atoms with van der Waals surface area (Å²) >= 11 is 7.13. The van der Waals surface area contributed by atoms with Gasteiger partial charge in [0.15, 0.2) is 0 Å². The number of nitrogen functional groups attached to an aromatic ring is 1. The molecule has 3 N–H and O–H groups in total. The number of hydrogen-bond donors (Lipinski definition) is 2. The van der Waals surface area contributed by atoms with Crippen LogP contribution in [0.3, 0.4) is 0 Å². The molecule has 0 saturated heterocycles. The van der Waals surface area contributed by atoms with E-state index in [0.717, 1.165) is 10.4 Å². The number of aryl methyl sites for hydroxylation is 1. The second-order valence-corrected chi connectivity index (χ2v) is 7.61. The minimum absolute atomic E-state index is 0.0333. The van der Waals surface area contributed by atoms with Crippen molar-refractivity contribution < 1.29 is 8.42 Å². The fourth-order valence-corrected chi connectivity index (χ4v) is 4.81. The molecule has 0 saturated carbocycles. The molecule has 0 aliphatic heterocycles. The minimum Gasteiger partial charge on any atom is -0.398 e. The smallest absolute Gasteiger partial charge is 0.266 e. The zero-order valence-electron chi connectivity index (χ0n) is 11.3. The number of nitriles is 1. The van der Waals surface area contributed by atoms with Gasteiger partial charge in [0, 0.05) is 4.88 Å². The van der Waals surface area contributed by atoms with E-state index < -0.39 is 10.0 Å². The number of anilines is 2. The first-order chi connectivity index (χ1) is 9.77. The third-order valence-electron chi connectivity index (χ3n) is 2.99. The molecule has 2 rings (SSSR count). The van der Waals surface area contributed by atoms with E-state index in [-0.39, 0.29) is 20.6 Å². The molecule has 0 fully saturated rings. The van der Waals surface area contributed by atoms with Gasteiger partial charge in [-0.2, -0.15) is 5.26 Å². The molecule has 0 amide bonds. The molecule has 0 atom stereocenters. The fourth-order valence-electron chi connectivity index (χ4n) is 1.82. The maximum absolute atomic E-state index is 12.5. The van der Waals surface area contributed by atoms with Crippen LogP contribution in [0.15, 0.2) is 23.1 Å². The van der Waals surface area contributed by atoms with Crippen LogP contribution in [0.2, 0.25) is 5.02 Å². The summed E-state index contributed by atoms with van der Waals surface area (Å²) in [5.74, 6) is 0. The van der Waals surface area contributed by atoms with Crippen LogP contribution in [-0.2, 0) is 10.0 Å². The lowest BCUT2D eigenvalue weighted by Crippen LogP contribution is -2.15. The molecule has 8 heteroatoms. The third-order valence-corrected chi connectivity index (χ3v) is 6.14. The van der Waals surface area contributed by atoms with Crippen molar-refractivity contribution in [1.82, 2.24) is 0 Å². The maximum atomic E-state index is 12.5. The van der Waals surface area contributed by atoms with E-state index in [1.807, 2.05) is 13.0 Å². The van der Waals surface area contributed by atoms with Crippen LogP contribution in [-0.4, -0.2) is 8.42 Å². The van der Waals surface area contributed by atoms with Crippen molar-refractivity contribution in [1.29, 1.82) is 5.26 Å². The van der Waals surface area contributed by atoms with Crippen LogP contribution < -0.4 is 10.5 Å². The Balaban J connectivity index is 2.54. The fraction of sp³-hybridized carbons (Fsp3) is 0.154. The zero-order valence-corrected chi connectivity index (χ0v) is 13.7. The van der Waals surface area contributed by atoms with Crippen molar-refractivity contribution in [2.24, 2.45) is 0 Å². The van der Waals surface area contributed by atoms with Crippen molar-refractivity contribution >= 4 is 43.6 Å². The molecule has 0 spiro atoms. The van der Waals surface area contributed by atoms with E-state index in [0.29, 0.717) is 5.56 Å². The van der Waals surface area contributed by atoms with Gasteiger partial charge in [-0.05, 0) is 31.5 Å². The van der Waals surface area contributed by atoms with Gasteiger partial charge in [0.1, 0.15) is 16.0 Å². The number of nitrogens with zero attached hydrogens (tertiary/aromatic N) is 1. The summed E-state index contributed by atoms with van der Waals surface area (Å²) in [5, 5.41) is 9.46. The van der Waals surface area contributed by atoms with Gasteiger partial charge in [0.05, 0.1) is 16.3 Å². The second kappa shape index (κ2) is 5.56. The predicted molar refractivity (Wildman–Crippen MR) is 85.2 cm³/mol. The first-order valence-corrected chi connectivity index (χ1v) is 8.52. The molecule has 1 aromatic carbocycles. The summed E-state index contributed by atoms with van der Waals surface area (Å²) in [6.07, 6.45) is 0. The molecule has 0 radical (unpaired) electrons. The van der Waals surface area contributed by atoms with Gasteiger partial charge in [-0.1, -0.05) is 17.7 Å². The Kier molecular flexibility index (Phi) is 4.14. The highest BCUT2D eigenvalue weighted by molar-refractivity contribution is 7.93. The molecule has 0 unspecified atom stereocenters. The number of sulfonamides is 1. The lowest BCUT2D eigenvalue weighted by atomic mass is 10.2. The lowest BCUT2D eigenvalue weighted by Gasteiger charge is -2.10. The van der Waals surface area contributed by atoms with Crippen molar-refractivity contribution in [3.8, 4) is 6.07 Å². The van der Waals surface area contributed by atoms with Gasteiger partial charge in [-0.25, -0.2) is 8.42 Å². The minimum atomic E-state index is -3.96. The molecule has 0 bridgehead atoms. The Morgan fingerprint density at radius 1 is 1.38 bits per heavy atom. The van der Waals surface area contributed by atoms with E-state index in [1.54, 1.807) is 13.0 Å². The number of halogens is 1. The number of nitrogens with two attached hydrogens (primary N) is 1. The molecule has 5 nitrogen and oxygen atoms in total. The summed E-state index contributed by atoms with van der Waals surface area (Å²) in [6.45, 7) is 3.59.